The first kappa shape index (κ1) is 13.9. The highest BCUT2D eigenvalue weighted by Gasteiger charge is 2.05. The molecule has 4 heteroatoms. The fourth-order valence-corrected chi connectivity index (χ4v) is 1.80. The number of rotatable bonds is 5. The summed E-state index contributed by atoms with van der Waals surface area (Å²) in [5.41, 5.74) is 0.884. The Hall–Kier alpha value is -2.54. The van der Waals surface area contributed by atoms with E-state index in [1.54, 1.807) is 12.1 Å². The molecule has 0 fully saturated rings. The molecular weight excluding hydrogens is 257 g/mol. The van der Waals surface area contributed by atoms with Crippen LogP contribution in [-0.4, -0.2) is 6.61 Å². The normalized spacial score (nSPS) is 9.85. The maximum Gasteiger partial charge on any atom is 0.161 e. The van der Waals surface area contributed by atoms with E-state index in [0.717, 1.165) is 0 Å². The Morgan fingerprint density at radius 1 is 1.10 bits per heavy atom. The molecule has 0 saturated carbocycles. The molecule has 2 aromatic carbocycles. The highest BCUT2D eigenvalue weighted by Crippen LogP contribution is 2.27. The molecule has 2 rings (SSSR count). The third kappa shape index (κ3) is 3.48. The molecule has 0 N–H and O–H groups in total. The Kier molecular flexibility index (Phi) is 4.56. The van der Waals surface area contributed by atoms with Gasteiger partial charge in [-0.1, -0.05) is 12.1 Å². The lowest BCUT2D eigenvalue weighted by Crippen LogP contribution is -2.00. The summed E-state index contributed by atoms with van der Waals surface area (Å²) in [6, 6.07) is 13.4. The molecule has 0 heterocycles. The minimum Gasteiger partial charge on any atom is -0.490 e. The average molecular weight is 271 g/mol. The molecule has 0 radical (unpaired) electrons. The summed E-state index contributed by atoms with van der Waals surface area (Å²) in [7, 11) is 0. The highest BCUT2D eigenvalue weighted by atomic mass is 19.1. The maximum atomic E-state index is 13.3. The van der Waals surface area contributed by atoms with Crippen molar-refractivity contribution in [2.24, 2.45) is 0 Å². The molecule has 0 amide bonds. The van der Waals surface area contributed by atoms with Crippen molar-refractivity contribution in [3.63, 3.8) is 0 Å². The van der Waals surface area contributed by atoms with Gasteiger partial charge in [0.15, 0.2) is 11.5 Å². The summed E-state index contributed by atoms with van der Waals surface area (Å²) in [6.45, 7) is 2.61. The van der Waals surface area contributed by atoms with Gasteiger partial charge >= 0.3 is 0 Å². The van der Waals surface area contributed by atoms with Gasteiger partial charge in [0.25, 0.3) is 0 Å². The molecule has 0 aromatic heterocycles. The van der Waals surface area contributed by atoms with Gasteiger partial charge in [-0.05, 0) is 42.8 Å². The molecule has 0 aliphatic rings. The van der Waals surface area contributed by atoms with Gasteiger partial charge in [0.1, 0.15) is 12.4 Å². The van der Waals surface area contributed by atoms with E-state index in [1.807, 2.05) is 31.2 Å². The maximum absolute atomic E-state index is 13.3. The zero-order valence-electron chi connectivity index (χ0n) is 11.1. The summed E-state index contributed by atoms with van der Waals surface area (Å²) in [5.74, 6) is 0.796. The van der Waals surface area contributed by atoms with Crippen LogP contribution in [0.3, 0.4) is 0 Å². The average Bonchev–Trinajstić information content (AvgIpc) is 2.46. The van der Waals surface area contributed by atoms with E-state index in [9.17, 15) is 4.39 Å². The number of para-hydroxylation sites is 2. The van der Waals surface area contributed by atoms with Gasteiger partial charge in [-0.25, -0.2) is 4.39 Å². The minimum absolute atomic E-state index is 0.177. The quantitative estimate of drug-likeness (QED) is 0.833. The molecule has 20 heavy (non-hydrogen) atoms. The third-order valence-corrected chi connectivity index (χ3v) is 2.63. The van der Waals surface area contributed by atoms with Crippen molar-refractivity contribution in [3.05, 3.63) is 59.4 Å². The fourth-order valence-electron chi connectivity index (χ4n) is 1.80. The molecule has 0 atom stereocenters. The van der Waals surface area contributed by atoms with E-state index >= 15 is 0 Å². The van der Waals surface area contributed by atoms with Crippen LogP contribution >= 0.6 is 0 Å². The van der Waals surface area contributed by atoms with Gasteiger partial charge < -0.3 is 9.47 Å². The topological polar surface area (TPSA) is 42.2 Å². The smallest absolute Gasteiger partial charge is 0.161 e. The lowest BCUT2D eigenvalue weighted by atomic mass is 10.1. The summed E-state index contributed by atoms with van der Waals surface area (Å²) >= 11 is 0. The Morgan fingerprint density at radius 2 is 1.80 bits per heavy atom. The number of nitriles is 1. The number of hydrogen-bond acceptors (Lipinski definition) is 3. The van der Waals surface area contributed by atoms with Crippen LogP contribution in [0, 0.1) is 17.1 Å². The lowest BCUT2D eigenvalue weighted by molar-refractivity contribution is 0.269. The molecule has 0 bridgehead atoms. The molecule has 2 aromatic rings. The first-order chi connectivity index (χ1) is 9.72. The largest absolute Gasteiger partial charge is 0.490 e. The lowest BCUT2D eigenvalue weighted by Gasteiger charge is -2.11. The summed E-state index contributed by atoms with van der Waals surface area (Å²) in [4.78, 5) is 0. The van der Waals surface area contributed by atoms with E-state index < -0.39 is 5.82 Å². The van der Waals surface area contributed by atoms with E-state index in [1.165, 1.54) is 12.1 Å². The minimum atomic E-state index is -0.444. The third-order valence-electron chi connectivity index (χ3n) is 2.63. The van der Waals surface area contributed by atoms with E-state index in [2.05, 4.69) is 0 Å². The first-order valence-electron chi connectivity index (χ1n) is 6.27. The Labute approximate surface area is 117 Å². The predicted octanol–water partition coefficient (Wildman–Crippen LogP) is 3.68. The summed E-state index contributed by atoms with van der Waals surface area (Å²) in [6.07, 6.45) is 0. The standard InChI is InChI=1S/C16H14FNO2/c1-2-19-15-5-3-4-6-16(15)20-11-13-7-12(10-18)8-14(17)9-13/h3-9H,2,11H2,1H3. The van der Waals surface area contributed by atoms with Crippen LogP contribution in [0.2, 0.25) is 0 Å². The summed E-state index contributed by atoms with van der Waals surface area (Å²) in [5, 5.41) is 8.81. The Bertz CT molecular complexity index is 635. The molecule has 0 unspecified atom stereocenters. The van der Waals surface area contributed by atoms with E-state index in [-0.39, 0.29) is 12.2 Å². The zero-order chi connectivity index (χ0) is 14.4. The zero-order valence-corrected chi connectivity index (χ0v) is 11.1. The number of halogens is 1. The Balaban J connectivity index is 2.13. The molecule has 3 nitrogen and oxygen atoms in total. The van der Waals surface area contributed by atoms with Crippen LogP contribution in [0.15, 0.2) is 42.5 Å². The predicted molar refractivity (Wildman–Crippen MR) is 73.1 cm³/mol. The van der Waals surface area contributed by atoms with Gasteiger partial charge in [0.2, 0.25) is 0 Å². The molecular formula is C16H14FNO2. The highest BCUT2D eigenvalue weighted by molar-refractivity contribution is 5.40. The van der Waals surface area contributed by atoms with E-state index in [0.29, 0.717) is 23.7 Å². The monoisotopic (exact) mass is 271 g/mol. The van der Waals surface area contributed by atoms with Gasteiger partial charge in [-0.3, -0.25) is 0 Å². The van der Waals surface area contributed by atoms with Crippen LogP contribution in [-0.2, 0) is 6.61 Å². The second kappa shape index (κ2) is 6.58. The molecule has 0 spiro atoms. The molecule has 0 aliphatic heterocycles. The van der Waals surface area contributed by atoms with Crippen molar-refractivity contribution in [2.45, 2.75) is 13.5 Å². The molecule has 102 valence electrons. The number of benzene rings is 2. The number of ether oxygens (including phenoxy) is 2. The van der Waals surface area contributed by atoms with Crippen LogP contribution in [0.5, 0.6) is 11.5 Å². The Morgan fingerprint density at radius 3 is 2.45 bits per heavy atom. The van der Waals surface area contributed by atoms with Crippen molar-refractivity contribution in [1.29, 1.82) is 5.26 Å². The number of hydrogen-bond donors (Lipinski definition) is 0. The van der Waals surface area contributed by atoms with Gasteiger partial charge in [0, 0.05) is 0 Å². The number of nitrogens with zero attached hydrogens (tertiary/aromatic N) is 1. The second-order valence-electron chi connectivity index (χ2n) is 4.13. The van der Waals surface area contributed by atoms with Crippen LogP contribution in [0.1, 0.15) is 18.1 Å². The molecule has 0 saturated heterocycles. The fraction of sp³-hybridized carbons (Fsp3) is 0.188. The van der Waals surface area contributed by atoms with Gasteiger partial charge in [-0.2, -0.15) is 5.26 Å². The van der Waals surface area contributed by atoms with Crippen LogP contribution in [0.4, 0.5) is 4.39 Å². The van der Waals surface area contributed by atoms with Gasteiger partial charge in [-0.15, -0.1) is 0 Å². The van der Waals surface area contributed by atoms with E-state index in [4.69, 9.17) is 14.7 Å². The van der Waals surface area contributed by atoms with Crippen molar-refractivity contribution in [1.82, 2.24) is 0 Å². The first-order valence-corrected chi connectivity index (χ1v) is 6.27. The van der Waals surface area contributed by atoms with Crippen molar-refractivity contribution in [3.8, 4) is 17.6 Å². The SMILES string of the molecule is CCOc1ccccc1OCc1cc(F)cc(C#N)c1. The van der Waals surface area contributed by atoms with Crippen molar-refractivity contribution >= 4 is 0 Å². The van der Waals surface area contributed by atoms with Crippen LogP contribution in [0.25, 0.3) is 0 Å². The summed E-state index contributed by atoms with van der Waals surface area (Å²) < 4.78 is 24.4. The van der Waals surface area contributed by atoms with Crippen LogP contribution < -0.4 is 9.47 Å². The van der Waals surface area contributed by atoms with Crippen molar-refractivity contribution in [2.75, 3.05) is 6.61 Å². The molecule has 0 aliphatic carbocycles. The second-order valence-corrected chi connectivity index (χ2v) is 4.13. The van der Waals surface area contributed by atoms with Gasteiger partial charge in [0.05, 0.1) is 18.2 Å². The van der Waals surface area contributed by atoms with Crippen molar-refractivity contribution < 1.29 is 13.9 Å².